The second kappa shape index (κ2) is 5.28. The molecule has 0 aliphatic rings. The maximum atomic E-state index is 13.2. The summed E-state index contributed by atoms with van der Waals surface area (Å²) in [6.07, 6.45) is 1.51. The van der Waals surface area contributed by atoms with Crippen molar-refractivity contribution in [1.82, 2.24) is 4.98 Å². The maximum absolute atomic E-state index is 13.2. The first-order chi connectivity index (χ1) is 8.74. The summed E-state index contributed by atoms with van der Waals surface area (Å²) in [6.45, 7) is 2.63. The Morgan fingerprint density at radius 3 is 2.72 bits per heavy atom. The number of pyridine rings is 1. The van der Waals surface area contributed by atoms with Gasteiger partial charge in [0.1, 0.15) is 17.7 Å². The summed E-state index contributed by atoms with van der Waals surface area (Å²) in [5, 5.41) is 8.72. The second-order valence-corrected chi connectivity index (χ2v) is 3.74. The highest BCUT2D eigenvalue weighted by molar-refractivity contribution is 5.60. The van der Waals surface area contributed by atoms with Crippen LogP contribution in [0, 0.1) is 17.1 Å². The first kappa shape index (κ1) is 12.1. The van der Waals surface area contributed by atoms with Gasteiger partial charge in [0.15, 0.2) is 0 Å². The lowest BCUT2D eigenvalue weighted by molar-refractivity contribution is 0.627. The largest absolute Gasteiger partial charge is 0.327 e. The van der Waals surface area contributed by atoms with E-state index in [9.17, 15) is 4.39 Å². The molecule has 0 unspecified atom stereocenters. The van der Waals surface area contributed by atoms with Gasteiger partial charge in [-0.2, -0.15) is 5.26 Å². The first-order valence-electron chi connectivity index (χ1n) is 5.64. The van der Waals surface area contributed by atoms with Crippen molar-refractivity contribution < 1.29 is 4.39 Å². The van der Waals surface area contributed by atoms with Gasteiger partial charge >= 0.3 is 0 Å². The summed E-state index contributed by atoms with van der Waals surface area (Å²) in [7, 11) is 0. The Kier molecular flexibility index (Phi) is 3.54. The lowest BCUT2D eigenvalue weighted by Crippen LogP contribution is -2.17. The molecule has 0 radical (unpaired) electrons. The average molecular weight is 241 g/mol. The van der Waals surface area contributed by atoms with Crippen molar-refractivity contribution in [2.45, 2.75) is 6.92 Å². The molecule has 0 saturated heterocycles. The Morgan fingerprint density at radius 2 is 2.17 bits per heavy atom. The quantitative estimate of drug-likeness (QED) is 0.828. The Bertz CT molecular complexity index is 572. The van der Waals surface area contributed by atoms with E-state index in [1.807, 2.05) is 24.0 Å². The van der Waals surface area contributed by atoms with Crippen LogP contribution < -0.4 is 4.90 Å². The number of hydrogen-bond donors (Lipinski definition) is 0. The first-order valence-corrected chi connectivity index (χ1v) is 5.64. The molecule has 1 aromatic heterocycles. The molecule has 90 valence electrons. The van der Waals surface area contributed by atoms with E-state index in [4.69, 9.17) is 5.26 Å². The van der Waals surface area contributed by atoms with Crippen LogP contribution in [0.2, 0.25) is 0 Å². The molecule has 3 nitrogen and oxygen atoms in total. The molecule has 4 heteroatoms. The Morgan fingerprint density at radius 1 is 1.33 bits per heavy atom. The molecule has 2 aromatic rings. The van der Waals surface area contributed by atoms with Crippen LogP contribution in [0.25, 0.3) is 0 Å². The van der Waals surface area contributed by atoms with Gasteiger partial charge in [0.25, 0.3) is 0 Å². The Balaban J connectivity index is 2.36. The van der Waals surface area contributed by atoms with E-state index >= 15 is 0 Å². The van der Waals surface area contributed by atoms with Crippen molar-refractivity contribution in [2.75, 3.05) is 11.4 Å². The summed E-state index contributed by atoms with van der Waals surface area (Å²) in [4.78, 5) is 6.09. The highest BCUT2D eigenvalue weighted by Crippen LogP contribution is 2.23. The summed E-state index contributed by atoms with van der Waals surface area (Å²) >= 11 is 0. The summed E-state index contributed by atoms with van der Waals surface area (Å²) < 4.78 is 13.2. The standard InChI is InChI=1S/C14H12FN3/c1-2-18(13-5-3-4-12(15)8-13)14-7-6-11(9-16)10-17-14/h3-8,10H,2H2,1H3. The topological polar surface area (TPSA) is 39.9 Å². The summed E-state index contributed by atoms with van der Waals surface area (Å²) in [6, 6.07) is 11.8. The smallest absolute Gasteiger partial charge is 0.132 e. The predicted octanol–water partition coefficient (Wildman–Crippen LogP) is 3.25. The van der Waals surface area contributed by atoms with Crippen LogP contribution in [0.3, 0.4) is 0 Å². The molecule has 0 fully saturated rings. The van der Waals surface area contributed by atoms with E-state index < -0.39 is 0 Å². The molecular formula is C14H12FN3. The third kappa shape index (κ3) is 2.46. The summed E-state index contributed by atoms with van der Waals surface area (Å²) in [5.74, 6) is 0.418. The van der Waals surface area contributed by atoms with Crippen molar-refractivity contribution in [3.63, 3.8) is 0 Å². The van der Waals surface area contributed by atoms with E-state index in [0.29, 0.717) is 17.9 Å². The SMILES string of the molecule is CCN(c1cccc(F)c1)c1ccc(C#N)cn1. The Hall–Kier alpha value is -2.41. The van der Waals surface area contributed by atoms with Crippen molar-refractivity contribution in [1.29, 1.82) is 5.26 Å². The molecule has 0 aliphatic carbocycles. The van der Waals surface area contributed by atoms with Crippen LogP contribution >= 0.6 is 0 Å². The van der Waals surface area contributed by atoms with Gasteiger partial charge in [0.05, 0.1) is 5.56 Å². The zero-order chi connectivity index (χ0) is 13.0. The van der Waals surface area contributed by atoms with Crippen LogP contribution in [-0.2, 0) is 0 Å². The van der Waals surface area contributed by atoms with E-state index in [-0.39, 0.29) is 5.82 Å². The number of benzene rings is 1. The van der Waals surface area contributed by atoms with Crippen molar-refractivity contribution in [3.8, 4) is 6.07 Å². The zero-order valence-electron chi connectivity index (χ0n) is 9.97. The number of rotatable bonds is 3. The van der Waals surface area contributed by atoms with Crippen molar-refractivity contribution in [2.24, 2.45) is 0 Å². The third-order valence-corrected chi connectivity index (χ3v) is 2.59. The zero-order valence-corrected chi connectivity index (χ0v) is 9.97. The molecular weight excluding hydrogens is 229 g/mol. The molecule has 0 bridgehead atoms. The lowest BCUT2D eigenvalue weighted by atomic mass is 10.2. The van der Waals surface area contributed by atoms with Gasteiger partial charge in [-0.3, -0.25) is 0 Å². The van der Waals surface area contributed by atoms with Gasteiger partial charge in [-0.1, -0.05) is 6.07 Å². The maximum Gasteiger partial charge on any atom is 0.132 e. The van der Waals surface area contributed by atoms with E-state index in [2.05, 4.69) is 4.98 Å². The second-order valence-electron chi connectivity index (χ2n) is 3.74. The minimum absolute atomic E-state index is 0.278. The molecule has 0 atom stereocenters. The molecule has 0 saturated carbocycles. The number of nitrogens with zero attached hydrogens (tertiary/aromatic N) is 3. The van der Waals surface area contributed by atoms with E-state index in [1.54, 1.807) is 18.2 Å². The third-order valence-electron chi connectivity index (χ3n) is 2.59. The molecule has 1 aromatic carbocycles. The van der Waals surface area contributed by atoms with E-state index in [1.165, 1.54) is 18.3 Å². The molecule has 0 spiro atoms. The predicted molar refractivity (Wildman–Crippen MR) is 68.0 cm³/mol. The van der Waals surface area contributed by atoms with Crippen LogP contribution in [0.5, 0.6) is 0 Å². The fourth-order valence-corrected chi connectivity index (χ4v) is 1.73. The minimum atomic E-state index is -0.278. The molecule has 2 rings (SSSR count). The number of nitriles is 1. The molecule has 18 heavy (non-hydrogen) atoms. The normalized spacial score (nSPS) is 9.83. The highest BCUT2D eigenvalue weighted by Gasteiger charge is 2.09. The van der Waals surface area contributed by atoms with Gasteiger partial charge < -0.3 is 4.90 Å². The van der Waals surface area contributed by atoms with Gasteiger partial charge in [0, 0.05) is 18.4 Å². The van der Waals surface area contributed by atoms with Gasteiger partial charge in [-0.25, -0.2) is 9.37 Å². The van der Waals surface area contributed by atoms with Crippen LogP contribution in [-0.4, -0.2) is 11.5 Å². The van der Waals surface area contributed by atoms with E-state index in [0.717, 1.165) is 5.69 Å². The van der Waals surface area contributed by atoms with Crippen molar-refractivity contribution in [3.05, 3.63) is 54.0 Å². The molecule has 0 amide bonds. The lowest BCUT2D eigenvalue weighted by Gasteiger charge is -2.21. The molecule has 0 aliphatic heterocycles. The minimum Gasteiger partial charge on any atom is -0.327 e. The number of aromatic nitrogens is 1. The van der Waals surface area contributed by atoms with Crippen molar-refractivity contribution >= 4 is 11.5 Å². The van der Waals surface area contributed by atoms with Crippen LogP contribution in [0.15, 0.2) is 42.6 Å². The number of hydrogen-bond acceptors (Lipinski definition) is 3. The van der Waals surface area contributed by atoms with Crippen LogP contribution in [0.4, 0.5) is 15.9 Å². The number of anilines is 2. The fraction of sp³-hybridized carbons (Fsp3) is 0.143. The van der Waals surface area contributed by atoms with Crippen LogP contribution in [0.1, 0.15) is 12.5 Å². The Labute approximate surface area is 105 Å². The molecule has 0 N–H and O–H groups in total. The fourth-order valence-electron chi connectivity index (χ4n) is 1.73. The van der Waals surface area contributed by atoms with Gasteiger partial charge in [-0.05, 0) is 37.3 Å². The monoisotopic (exact) mass is 241 g/mol. The molecule has 1 heterocycles. The summed E-state index contributed by atoms with van der Waals surface area (Å²) in [5.41, 5.74) is 1.25. The number of halogens is 1. The van der Waals surface area contributed by atoms with Gasteiger partial charge in [-0.15, -0.1) is 0 Å². The van der Waals surface area contributed by atoms with Gasteiger partial charge in [0.2, 0.25) is 0 Å². The highest BCUT2D eigenvalue weighted by atomic mass is 19.1. The average Bonchev–Trinajstić information content (AvgIpc) is 2.40.